The molecule has 0 nitrogen and oxygen atoms in total. The highest BCUT2D eigenvalue weighted by atomic mass is 19.4. The van der Waals surface area contributed by atoms with Crippen molar-refractivity contribution in [3.8, 4) is 0 Å². The Hall–Kier alpha value is -5.31. The topological polar surface area (TPSA) is 0 Å². The summed E-state index contributed by atoms with van der Waals surface area (Å²) < 4.78 is 133. The molecule has 0 aromatic heterocycles. The molecule has 0 unspecified atom stereocenters. The lowest BCUT2D eigenvalue weighted by atomic mass is 9.72. The van der Waals surface area contributed by atoms with Gasteiger partial charge in [0.1, 0.15) is 0 Å². The highest BCUT2D eigenvalue weighted by Crippen LogP contribution is 2.49. The number of halogens is 9. The van der Waals surface area contributed by atoms with Gasteiger partial charge in [0, 0.05) is 2.74 Å². The third-order valence-corrected chi connectivity index (χ3v) is 21.5. The van der Waals surface area contributed by atoms with Gasteiger partial charge in [-0.1, -0.05) is 441 Å². The zero-order chi connectivity index (χ0) is 97.5. The van der Waals surface area contributed by atoms with Gasteiger partial charge in [-0.2, -0.15) is 39.5 Å². The fourth-order valence-corrected chi connectivity index (χ4v) is 16.1. The second-order valence-electron chi connectivity index (χ2n) is 48.7. The number of benzene rings is 6. The molecular formula is C112H181F9. The monoisotopic (exact) mass is 1700 g/mol. The second-order valence-corrected chi connectivity index (χ2v) is 48.7. The molecule has 0 radical (unpaired) electrons. The van der Waals surface area contributed by atoms with Crippen molar-refractivity contribution in [2.75, 3.05) is 0 Å². The third kappa shape index (κ3) is 39.6. The van der Waals surface area contributed by atoms with E-state index in [0.717, 1.165) is 66.2 Å². The Kier molecular flexibility index (Phi) is 41.0. The lowest BCUT2D eigenvalue weighted by molar-refractivity contribution is -0.220. The average molecular weight is 1700 g/mol. The van der Waals surface area contributed by atoms with Crippen molar-refractivity contribution >= 4 is 0 Å². The van der Waals surface area contributed by atoms with Crippen LogP contribution in [0.5, 0.6) is 0 Å². The third-order valence-electron chi connectivity index (χ3n) is 21.5. The summed E-state index contributed by atoms with van der Waals surface area (Å²) in [6.07, 6.45) is -11.5. The Morgan fingerprint density at radius 3 is 0.678 bits per heavy atom. The average Bonchev–Trinajstić information content (AvgIpc) is 0.754. The van der Waals surface area contributed by atoms with E-state index in [-0.39, 0.29) is 34.5 Å². The summed E-state index contributed by atoms with van der Waals surface area (Å²) >= 11 is 0. The molecule has 0 atom stereocenters. The van der Waals surface area contributed by atoms with Crippen LogP contribution >= 0.6 is 0 Å². The van der Waals surface area contributed by atoms with Gasteiger partial charge in [0.15, 0.2) is 0 Å². The van der Waals surface area contributed by atoms with Crippen molar-refractivity contribution < 1.29 is 42.3 Å². The summed E-state index contributed by atoms with van der Waals surface area (Å²) in [5.74, 6) is 4.43. The van der Waals surface area contributed by atoms with Gasteiger partial charge < -0.3 is 0 Å². The number of hydrogen-bond acceptors (Lipinski definition) is 0. The second kappa shape index (κ2) is 44.4. The van der Waals surface area contributed by atoms with Crippen molar-refractivity contribution in [3.05, 3.63) is 210 Å². The van der Waals surface area contributed by atoms with E-state index in [9.17, 15) is 39.5 Å². The van der Waals surface area contributed by atoms with Gasteiger partial charge in [-0.05, 0) is 230 Å². The van der Waals surface area contributed by atoms with E-state index in [2.05, 4.69) is 339 Å². The lowest BCUT2D eigenvalue weighted by Gasteiger charge is -2.35. The summed E-state index contributed by atoms with van der Waals surface area (Å²) in [4.78, 5) is 0. The van der Waals surface area contributed by atoms with E-state index in [1.807, 2.05) is 20.8 Å². The standard InChI is InChI=1S/C20H28F6.C20H34.C19H32.C18H30.C16H26.C10H14.C9H17F3/c1-16(2,3)15-13(11-17(4,5)19(21,22)23)9-8-10-14(15)12-18(6,7)20(24,25)26;1-18(2,3)13-15-11-10-12-16(14-19(4,5)6)17(15)20(7,8)9;1-12(2)15-10-16(13(3)4)18(19(7,8)9)17(11-15)14(5)6;1-13(2)11-15-9-8-10-16(12-14(3)4)17(15)18(5,6)7;1-11(2)13-9-8-10-14(12(3)4)15(13)16(5,6)7;1-10(2,3)9-7-5-4-6-8-9;1-7(2,3)6-8(4,5)9(10,11)12/h8-10H,11-12H2,1-7H3;10-12H,13-14H2,1-9H3;10-14H,1-9H3;8-10,13-14H,11-12H2,1-7H3;8-12H,1-7H3;4-8H,1-3H3;6H2,1-5H3/i;;;;;;6D2. The first-order valence-corrected chi connectivity index (χ1v) is 45.4. The van der Waals surface area contributed by atoms with Gasteiger partial charge >= 0.3 is 18.5 Å². The maximum absolute atomic E-state index is 13.3. The minimum Gasteiger partial charge on any atom is -0.171 e. The van der Waals surface area contributed by atoms with Crippen LogP contribution in [0.2, 0.25) is 0 Å². The quantitative estimate of drug-likeness (QED) is 0.0848. The molecule has 0 spiro atoms. The van der Waals surface area contributed by atoms with Crippen LogP contribution in [-0.4, -0.2) is 18.5 Å². The number of rotatable bonds is 16. The Morgan fingerprint density at radius 2 is 0.479 bits per heavy atom. The van der Waals surface area contributed by atoms with E-state index >= 15 is 0 Å². The molecule has 6 aromatic rings. The van der Waals surface area contributed by atoms with Crippen LogP contribution < -0.4 is 0 Å². The van der Waals surface area contributed by atoms with Gasteiger partial charge in [0.2, 0.25) is 0 Å². The van der Waals surface area contributed by atoms with Gasteiger partial charge in [-0.25, -0.2) is 0 Å². The van der Waals surface area contributed by atoms with E-state index in [4.69, 9.17) is 2.74 Å². The molecule has 6 aromatic carbocycles. The fourth-order valence-electron chi connectivity index (χ4n) is 16.1. The molecule has 0 aliphatic rings. The fraction of sp³-hybridized carbons (Fsp3) is 0.679. The summed E-state index contributed by atoms with van der Waals surface area (Å²) in [6.45, 7) is 97.1. The van der Waals surface area contributed by atoms with Crippen LogP contribution in [0.15, 0.2) is 115 Å². The highest BCUT2D eigenvalue weighted by molar-refractivity contribution is 5.49. The zero-order valence-electron chi connectivity index (χ0n) is 88.2. The minimum atomic E-state index is -4.54. The van der Waals surface area contributed by atoms with E-state index < -0.39 is 52.0 Å². The Morgan fingerprint density at radius 1 is 0.240 bits per heavy atom. The van der Waals surface area contributed by atoms with Crippen molar-refractivity contribution in [2.24, 2.45) is 44.3 Å². The first-order valence-electron chi connectivity index (χ1n) is 46.4. The zero-order valence-corrected chi connectivity index (χ0v) is 86.2. The molecule has 9 heteroatoms. The first kappa shape index (κ1) is 112. The number of hydrogen-bond donors (Lipinski definition) is 0. The molecule has 6 rings (SSSR count). The summed E-state index contributed by atoms with van der Waals surface area (Å²) in [6, 6.07) is 40.8. The van der Waals surface area contributed by atoms with Gasteiger partial charge in [0.25, 0.3) is 0 Å². The summed E-state index contributed by atoms with van der Waals surface area (Å²) in [7, 11) is 0. The van der Waals surface area contributed by atoms with Crippen molar-refractivity contribution in [3.63, 3.8) is 0 Å². The Bertz CT molecular complexity index is 3940. The van der Waals surface area contributed by atoms with Crippen LogP contribution in [-0.2, 0) is 71.0 Å². The van der Waals surface area contributed by atoms with Crippen molar-refractivity contribution in [1.29, 1.82) is 0 Å². The largest absolute Gasteiger partial charge is 0.394 e. The van der Waals surface area contributed by atoms with E-state index in [1.165, 1.54) is 67.0 Å². The Balaban J connectivity index is 0.00000143. The lowest BCUT2D eigenvalue weighted by Crippen LogP contribution is -2.36. The van der Waals surface area contributed by atoms with Gasteiger partial charge in [-0.3, -0.25) is 0 Å². The molecule has 692 valence electrons. The van der Waals surface area contributed by atoms with Crippen molar-refractivity contribution in [2.45, 2.75) is 451 Å². The SMILES string of the molecule is CC(C)(C)Cc1cccc(CC(C)(C)C)c1C(C)(C)C.CC(C)(C)c1c(CC(C)(C)C(F)(F)F)cccc1CC(C)(C)C(F)(F)F.CC(C)(C)c1ccccc1.CC(C)Cc1cccc(CC(C)C)c1C(C)(C)C.CC(C)c1cc(C(C)C)c(C(C)(C)C)c(C(C)C)c1.CC(C)c1cccc(C(C)C)c1C(C)(C)C.[2H]C([2H])(C(C)(C)C)C(C)(C)C(F)(F)F. The molecule has 0 amide bonds. The number of alkyl halides is 9. The van der Waals surface area contributed by atoms with Crippen LogP contribution in [0.25, 0.3) is 0 Å². The molecular weight excluding hydrogens is 1520 g/mol. The molecule has 0 fully saturated rings. The van der Waals surface area contributed by atoms with Crippen LogP contribution in [0.1, 0.15) is 459 Å². The Labute approximate surface area is 743 Å². The maximum atomic E-state index is 13.3. The summed E-state index contributed by atoms with van der Waals surface area (Å²) in [5.41, 5.74) is 16.9. The highest BCUT2D eigenvalue weighted by Gasteiger charge is 2.51. The van der Waals surface area contributed by atoms with Gasteiger partial charge in [-0.15, -0.1) is 0 Å². The predicted molar refractivity (Wildman–Crippen MR) is 516 cm³/mol. The molecule has 0 saturated heterocycles. The molecule has 0 bridgehead atoms. The molecule has 121 heavy (non-hydrogen) atoms. The molecule has 0 N–H and O–H groups in total. The predicted octanol–water partition coefficient (Wildman–Crippen LogP) is 37.4. The summed E-state index contributed by atoms with van der Waals surface area (Å²) in [5, 5.41) is 0. The van der Waals surface area contributed by atoms with E-state index in [1.54, 1.807) is 62.7 Å². The molecule has 0 saturated carbocycles. The van der Waals surface area contributed by atoms with Gasteiger partial charge in [0.05, 0.1) is 16.2 Å². The van der Waals surface area contributed by atoms with Crippen LogP contribution in [0, 0.1) is 44.3 Å². The van der Waals surface area contributed by atoms with Crippen molar-refractivity contribution in [1.82, 2.24) is 0 Å². The van der Waals surface area contributed by atoms with E-state index in [0.29, 0.717) is 62.5 Å². The molecule has 0 aliphatic heterocycles. The smallest absolute Gasteiger partial charge is 0.171 e. The van der Waals surface area contributed by atoms with Crippen LogP contribution in [0.3, 0.4) is 0 Å². The maximum Gasteiger partial charge on any atom is 0.394 e. The van der Waals surface area contributed by atoms with Crippen LogP contribution in [0.4, 0.5) is 39.5 Å². The molecule has 0 heterocycles. The molecule has 0 aliphatic carbocycles. The normalized spacial score (nSPS) is 13.7. The minimum absolute atomic E-state index is 0.211. The first-order chi connectivity index (χ1) is 54.5.